The first-order valence-corrected chi connectivity index (χ1v) is 6.47. The Morgan fingerprint density at radius 2 is 2.12 bits per heavy atom. The number of carbonyl (C=O) groups is 1. The van der Waals surface area contributed by atoms with Gasteiger partial charge in [0, 0.05) is 12.2 Å². The van der Waals surface area contributed by atoms with Gasteiger partial charge < -0.3 is 5.32 Å². The highest BCUT2D eigenvalue weighted by Crippen LogP contribution is 1.93. The van der Waals surface area contributed by atoms with Crippen LogP contribution in [-0.2, 0) is 14.9 Å². The summed E-state index contributed by atoms with van der Waals surface area (Å²) >= 11 is 0. The number of hydrogen-bond acceptors (Lipinski definition) is 4. The van der Waals surface area contributed by atoms with Crippen LogP contribution in [0.5, 0.6) is 0 Å². The molecular formula is C10H16N2O4S. The smallest absolute Gasteiger partial charge is 0.269 e. The highest BCUT2D eigenvalue weighted by Gasteiger charge is 2.10. The number of hydrogen-bond donors (Lipinski definition) is 2. The van der Waals surface area contributed by atoms with Gasteiger partial charge in [-0.1, -0.05) is 12.7 Å². The first kappa shape index (κ1) is 15.5. The van der Waals surface area contributed by atoms with Crippen molar-refractivity contribution in [2.24, 2.45) is 4.99 Å². The van der Waals surface area contributed by atoms with E-state index >= 15 is 0 Å². The fourth-order valence-corrected chi connectivity index (χ4v) is 1.27. The van der Waals surface area contributed by atoms with E-state index in [1.54, 1.807) is 19.9 Å². The van der Waals surface area contributed by atoms with E-state index in [9.17, 15) is 13.2 Å². The molecule has 0 heterocycles. The summed E-state index contributed by atoms with van der Waals surface area (Å²) in [5.74, 6) is -1.05. The Bertz CT molecular complexity index is 449. The molecule has 0 bridgehead atoms. The molecule has 96 valence electrons. The molecule has 0 aliphatic rings. The zero-order valence-electron chi connectivity index (χ0n) is 9.80. The van der Waals surface area contributed by atoms with Gasteiger partial charge in [-0.15, -0.1) is 0 Å². The lowest BCUT2D eigenvalue weighted by Crippen LogP contribution is -2.33. The van der Waals surface area contributed by atoms with Gasteiger partial charge in [-0.2, -0.15) is 8.42 Å². The first-order chi connectivity index (χ1) is 7.76. The Morgan fingerprint density at radius 1 is 1.53 bits per heavy atom. The lowest BCUT2D eigenvalue weighted by molar-refractivity contribution is -0.114. The molecule has 0 spiro atoms. The molecule has 0 radical (unpaired) electrons. The van der Waals surface area contributed by atoms with Gasteiger partial charge in [0.15, 0.2) is 0 Å². The van der Waals surface area contributed by atoms with Crippen molar-refractivity contribution in [3.63, 3.8) is 0 Å². The van der Waals surface area contributed by atoms with E-state index in [-0.39, 0.29) is 12.3 Å². The van der Waals surface area contributed by atoms with Crippen molar-refractivity contribution >= 4 is 21.7 Å². The number of aliphatic imine (C=N–C) groups is 1. The van der Waals surface area contributed by atoms with Gasteiger partial charge in [-0.3, -0.25) is 9.35 Å². The average Bonchev–Trinajstić information content (AvgIpc) is 2.14. The third-order valence-corrected chi connectivity index (χ3v) is 2.23. The number of nitrogens with one attached hydrogen (secondary N) is 1. The summed E-state index contributed by atoms with van der Waals surface area (Å²) in [4.78, 5) is 15.4. The van der Waals surface area contributed by atoms with Crippen LogP contribution in [0.3, 0.4) is 0 Å². The zero-order valence-corrected chi connectivity index (χ0v) is 10.6. The van der Waals surface area contributed by atoms with Crippen LogP contribution in [0.2, 0.25) is 0 Å². The molecule has 0 saturated heterocycles. The van der Waals surface area contributed by atoms with Gasteiger partial charge in [0.2, 0.25) is 0 Å². The number of carbonyl (C=O) groups excluding carboxylic acids is 1. The third-order valence-electron chi connectivity index (χ3n) is 1.51. The van der Waals surface area contributed by atoms with Crippen molar-refractivity contribution < 1.29 is 17.8 Å². The summed E-state index contributed by atoms with van der Waals surface area (Å²) in [6.07, 6.45) is 3.11. The fourth-order valence-electron chi connectivity index (χ4n) is 0.911. The first-order valence-electron chi connectivity index (χ1n) is 4.86. The Balaban J connectivity index is 4.51. The number of nitrogens with zero attached hydrogens (tertiary/aromatic N) is 1. The molecule has 0 unspecified atom stereocenters. The van der Waals surface area contributed by atoms with Crippen molar-refractivity contribution in [3.8, 4) is 0 Å². The van der Waals surface area contributed by atoms with Crippen molar-refractivity contribution in [1.82, 2.24) is 5.32 Å². The van der Waals surface area contributed by atoms with E-state index in [2.05, 4.69) is 16.9 Å². The molecule has 0 aliphatic heterocycles. The topological polar surface area (TPSA) is 95.8 Å². The minimum Gasteiger partial charge on any atom is -0.350 e. The minimum absolute atomic E-state index is 0.135. The normalized spacial score (nSPS) is 12.8. The standard InChI is InChI=1S/C10H16N2O4S/c1-4-5-9(12-8(2)3)10(13)11-6-7-17(14,15)16/h4-5H,2,6-7H2,1,3H3,(H,11,13)(H,14,15,16)/b5-4-,12-9?. The molecule has 7 heteroatoms. The summed E-state index contributed by atoms with van der Waals surface area (Å²) < 4.78 is 29.3. The molecule has 0 aliphatic carbocycles. The van der Waals surface area contributed by atoms with E-state index in [0.29, 0.717) is 5.70 Å². The molecule has 0 aromatic carbocycles. The second-order valence-corrected chi connectivity index (χ2v) is 4.85. The van der Waals surface area contributed by atoms with Crippen LogP contribution in [0.25, 0.3) is 0 Å². The minimum atomic E-state index is -4.07. The Morgan fingerprint density at radius 3 is 2.53 bits per heavy atom. The summed E-state index contributed by atoms with van der Waals surface area (Å²) in [5.41, 5.74) is 0.596. The van der Waals surface area contributed by atoms with E-state index in [0.717, 1.165) is 0 Å². The maximum Gasteiger partial charge on any atom is 0.269 e. The summed E-state index contributed by atoms with van der Waals surface area (Å²) in [7, 11) is -4.07. The van der Waals surface area contributed by atoms with E-state index < -0.39 is 21.8 Å². The predicted octanol–water partition coefficient (Wildman–Crippen LogP) is 0.541. The fraction of sp³-hybridized carbons (Fsp3) is 0.400. The second-order valence-electron chi connectivity index (χ2n) is 3.27. The summed E-state index contributed by atoms with van der Waals surface area (Å²) in [6, 6.07) is 0. The molecule has 0 fully saturated rings. The maximum atomic E-state index is 11.5. The van der Waals surface area contributed by atoms with Gasteiger partial charge >= 0.3 is 0 Å². The molecule has 0 rings (SSSR count). The molecule has 0 saturated carbocycles. The molecule has 1 amide bonds. The number of rotatable bonds is 6. The molecule has 17 heavy (non-hydrogen) atoms. The van der Waals surface area contributed by atoms with Crippen molar-refractivity contribution in [2.45, 2.75) is 13.8 Å². The van der Waals surface area contributed by atoms with E-state index in [1.165, 1.54) is 6.08 Å². The lowest BCUT2D eigenvalue weighted by Gasteiger charge is -2.04. The van der Waals surface area contributed by atoms with Crippen LogP contribution in [0, 0.1) is 0 Å². The van der Waals surface area contributed by atoms with Gasteiger partial charge in [0.1, 0.15) is 5.71 Å². The van der Waals surface area contributed by atoms with Crippen LogP contribution in [0.15, 0.2) is 29.4 Å². The number of allylic oxidation sites excluding steroid dienone is 2. The van der Waals surface area contributed by atoms with Crippen LogP contribution < -0.4 is 5.32 Å². The van der Waals surface area contributed by atoms with Crippen molar-refractivity contribution in [1.29, 1.82) is 0 Å². The van der Waals surface area contributed by atoms with Gasteiger partial charge in [0.25, 0.3) is 16.0 Å². The summed E-state index contributed by atoms with van der Waals surface area (Å²) in [6.45, 7) is 6.72. The third kappa shape index (κ3) is 8.35. The SMILES string of the molecule is C=C(C)N=C(/C=C\C)C(=O)NCCS(=O)(=O)O. The Hall–Kier alpha value is -1.47. The van der Waals surface area contributed by atoms with Crippen molar-refractivity contribution in [2.75, 3.05) is 12.3 Å². The predicted molar refractivity (Wildman–Crippen MR) is 66.5 cm³/mol. The largest absolute Gasteiger partial charge is 0.350 e. The van der Waals surface area contributed by atoms with E-state index in [4.69, 9.17) is 4.55 Å². The highest BCUT2D eigenvalue weighted by atomic mass is 32.2. The van der Waals surface area contributed by atoms with Gasteiger partial charge in [0.05, 0.1) is 5.75 Å². The highest BCUT2D eigenvalue weighted by molar-refractivity contribution is 7.85. The zero-order chi connectivity index (χ0) is 13.5. The molecular weight excluding hydrogens is 244 g/mol. The molecule has 0 aromatic rings. The lowest BCUT2D eigenvalue weighted by atomic mass is 10.3. The molecule has 0 atom stereocenters. The average molecular weight is 260 g/mol. The van der Waals surface area contributed by atoms with Gasteiger partial charge in [-0.25, -0.2) is 4.99 Å². The van der Waals surface area contributed by atoms with Crippen LogP contribution in [-0.4, -0.2) is 36.9 Å². The van der Waals surface area contributed by atoms with Gasteiger partial charge in [-0.05, 0) is 19.9 Å². The van der Waals surface area contributed by atoms with Crippen LogP contribution >= 0.6 is 0 Å². The van der Waals surface area contributed by atoms with Crippen LogP contribution in [0.1, 0.15) is 13.8 Å². The molecule has 2 N–H and O–H groups in total. The molecule has 6 nitrogen and oxygen atoms in total. The quantitative estimate of drug-likeness (QED) is 0.538. The Kier molecular flexibility index (Phi) is 6.37. The second kappa shape index (κ2) is 6.97. The number of amides is 1. The van der Waals surface area contributed by atoms with Crippen molar-refractivity contribution in [3.05, 3.63) is 24.4 Å². The maximum absolute atomic E-state index is 11.5. The summed E-state index contributed by atoms with van der Waals surface area (Å²) in [5, 5.41) is 2.33. The monoisotopic (exact) mass is 260 g/mol. The molecule has 0 aromatic heterocycles. The van der Waals surface area contributed by atoms with E-state index in [1.807, 2.05) is 0 Å². The Labute approximate surface area is 101 Å². The van der Waals surface area contributed by atoms with Crippen LogP contribution in [0.4, 0.5) is 0 Å².